The molecule has 1 aliphatic carbocycles. The van der Waals surface area contributed by atoms with Gasteiger partial charge in [-0.1, -0.05) is 64.1 Å². The summed E-state index contributed by atoms with van der Waals surface area (Å²) in [5.74, 6) is 0.522. The van der Waals surface area contributed by atoms with E-state index in [1.54, 1.807) is 6.92 Å². The van der Waals surface area contributed by atoms with Gasteiger partial charge in [-0.2, -0.15) is 0 Å². The van der Waals surface area contributed by atoms with Gasteiger partial charge in [0.15, 0.2) is 0 Å². The molecule has 0 aliphatic heterocycles. The highest BCUT2D eigenvalue weighted by molar-refractivity contribution is 6.03. The first-order valence-corrected chi connectivity index (χ1v) is 10.7. The number of amides is 1. The Hall–Kier alpha value is -2.35. The van der Waals surface area contributed by atoms with E-state index in [0.717, 1.165) is 31.4 Å². The predicted octanol–water partition coefficient (Wildman–Crippen LogP) is 7.06. The van der Waals surface area contributed by atoms with E-state index in [4.69, 9.17) is 0 Å². The van der Waals surface area contributed by atoms with Crippen LogP contribution in [0.1, 0.15) is 77.0 Å². The number of hydrogen-bond acceptors (Lipinski definition) is 1. The Labute approximate surface area is 170 Å². The Kier molecular flexibility index (Phi) is 6.07. The van der Waals surface area contributed by atoms with Crippen molar-refractivity contribution in [2.24, 2.45) is 5.92 Å². The summed E-state index contributed by atoms with van der Waals surface area (Å²) < 4.78 is 0. The molecular weight excluding hydrogens is 342 g/mol. The molecule has 3 rings (SSSR count). The predicted molar refractivity (Wildman–Crippen MR) is 120 cm³/mol. The number of carbonyl (C=O) groups excluding carboxylic acids is 1. The molecule has 2 nitrogen and oxygen atoms in total. The van der Waals surface area contributed by atoms with Gasteiger partial charge in [0.2, 0.25) is 5.91 Å². The van der Waals surface area contributed by atoms with Crippen molar-refractivity contribution in [2.75, 3.05) is 5.32 Å². The Bertz CT molecular complexity index is 871. The molecule has 1 aliphatic rings. The van der Waals surface area contributed by atoms with Crippen molar-refractivity contribution in [3.05, 3.63) is 65.2 Å². The standard InChI is InChI=1S/C26H33NO/c1-6-19(7-2)24-22-16-15-21(27-18(5)28)17-23(22)26(8-3,9-4)25(24)20-13-11-10-12-14-20/h10-17,19H,6-9H2,1-5H3,(H,27,28). The third-order valence-corrected chi connectivity index (χ3v) is 6.56. The Morgan fingerprint density at radius 2 is 1.61 bits per heavy atom. The van der Waals surface area contributed by atoms with E-state index in [0.29, 0.717) is 5.92 Å². The van der Waals surface area contributed by atoms with Gasteiger partial charge in [0.25, 0.3) is 0 Å². The second kappa shape index (κ2) is 8.34. The second-order valence-electron chi connectivity index (χ2n) is 7.90. The highest BCUT2D eigenvalue weighted by Crippen LogP contribution is 2.57. The number of benzene rings is 2. The van der Waals surface area contributed by atoms with Gasteiger partial charge in [0, 0.05) is 18.0 Å². The third-order valence-electron chi connectivity index (χ3n) is 6.56. The fraction of sp³-hybridized carbons (Fsp3) is 0.423. The van der Waals surface area contributed by atoms with Crippen LogP contribution in [0.15, 0.2) is 48.5 Å². The van der Waals surface area contributed by atoms with Gasteiger partial charge in [-0.3, -0.25) is 4.79 Å². The molecule has 0 spiro atoms. The molecule has 1 N–H and O–H groups in total. The van der Waals surface area contributed by atoms with Gasteiger partial charge < -0.3 is 5.32 Å². The van der Waals surface area contributed by atoms with E-state index in [1.807, 2.05) is 0 Å². The molecule has 0 heterocycles. The number of allylic oxidation sites excluding steroid dienone is 2. The van der Waals surface area contributed by atoms with Crippen molar-refractivity contribution in [1.82, 2.24) is 0 Å². The van der Waals surface area contributed by atoms with Crippen molar-refractivity contribution in [3.8, 4) is 0 Å². The Balaban J connectivity index is 2.33. The summed E-state index contributed by atoms with van der Waals surface area (Å²) in [6.45, 7) is 10.8. The van der Waals surface area contributed by atoms with Gasteiger partial charge in [0.05, 0.1) is 0 Å². The van der Waals surface area contributed by atoms with Crippen molar-refractivity contribution in [3.63, 3.8) is 0 Å². The van der Waals surface area contributed by atoms with Crippen LogP contribution in [0.4, 0.5) is 5.69 Å². The first-order chi connectivity index (χ1) is 13.5. The lowest BCUT2D eigenvalue weighted by Crippen LogP contribution is -2.24. The first-order valence-electron chi connectivity index (χ1n) is 10.7. The van der Waals surface area contributed by atoms with Gasteiger partial charge in [-0.15, -0.1) is 0 Å². The zero-order valence-corrected chi connectivity index (χ0v) is 17.9. The minimum absolute atomic E-state index is 0.0108. The Morgan fingerprint density at radius 3 is 2.14 bits per heavy atom. The summed E-state index contributed by atoms with van der Waals surface area (Å²) in [4.78, 5) is 11.6. The van der Waals surface area contributed by atoms with E-state index in [2.05, 4.69) is 81.5 Å². The minimum atomic E-state index is -0.0204. The molecule has 0 bridgehead atoms. The second-order valence-corrected chi connectivity index (χ2v) is 7.90. The number of carbonyl (C=O) groups is 1. The van der Waals surface area contributed by atoms with Crippen molar-refractivity contribution < 1.29 is 4.79 Å². The zero-order chi connectivity index (χ0) is 20.3. The molecule has 28 heavy (non-hydrogen) atoms. The van der Waals surface area contributed by atoms with Gasteiger partial charge >= 0.3 is 0 Å². The normalized spacial score (nSPS) is 15.1. The molecule has 2 heteroatoms. The lowest BCUT2D eigenvalue weighted by Gasteiger charge is -2.33. The minimum Gasteiger partial charge on any atom is -0.326 e. The van der Waals surface area contributed by atoms with Crippen molar-refractivity contribution in [1.29, 1.82) is 0 Å². The summed E-state index contributed by atoms with van der Waals surface area (Å²) in [5, 5.41) is 2.99. The van der Waals surface area contributed by atoms with E-state index in [9.17, 15) is 4.79 Å². The van der Waals surface area contributed by atoms with Crippen LogP contribution in [0.25, 0.3) is 11.1 Å². The smallest absolute Gasteiger partial charge is 0.221 e. The van der Waals surface area contributed by atoms with Crippen molar-refractivity contribution in [2.45, 2.75) is 65.7 Å². The van der Waals surface area contributed by atoms with Crippen LogP contribution in [0.3, 0.4) is 0 Å². The van der Waals surface area contributed by atoms with Crippen LogP contribution in [-0.2, 0) is 10.2 Å². The molecule has 0 saturated heterocycles. The lowest BCUT2D eigenvalue weighted by molar-refractivity contribution is -0.114. The highest BCUT2D eigenvalue weighted by atomic mass is 16.1. The maximum absolute atomic E-state index is 11.6. The molecule has 0 saturated carbocycles. The largest absolute Gasteiger partial charge is 0.326 e. The molecule has 148 valence electrons. The monoisotopic (exact) mass is 375 g/mol. The van der Waals surface area contributed by atoms with E-state index in [1.165, 1.54) is 27.8 Å². The molecular formula is C26H33NO. The number of anilines is 1. The van der Waals surface area contributed by atoms with Crippen LogP contribution >= 0.6 is 0 Å². The van der Waals surface area contributed by atoms with Crippen LogP contribution in [0.5, 0.6) is 0 Å². The number of rotatable bonds is 7. The molecule has 0 fully saturated rings. The Morgan fingerprint density at radius 1 is 0.964 bits per heavy atom. The van der Waals surface area contributed by atoms with Gasteiger partial charge in [0.1, 0.15) is 0 Å². The number of nitrogens with one attached hydrogen (secondary N) is 1. The lowest BCUT2D eigenvalue weighted by atomic mass is 9.70. The van der Waals surface area contributed by atoms with Crippen LogP contribution in [-0.4, -0.2) is 5.91 Å². The van der Waals surface area contributed by atoms with E-state index in [-0.39, 0.29) is 11.3 Å². The van der Waals surface area contributed by atoms with Crippen molar-refractivity contribution >= 4 is 22.7 Å². The molecule has 2 aromatic rings. The van der Waals surface area contributed by atoms with Gasteiger partial charge in [-0.25, -0.2) is 0 Å². The van der Waals surface area contributed by atoms with Crippen LogP contribution in [0, 0.1) is 5.92 Å². The fourth-order valence-electron chi connectivity index (χ4n) is 5.13. The van der Waals surface area contributed by atoms with E-state index >= 15 is 0 Å². The highest BCUT2D eigenvalue weighted by Gasteiger charge is 2.44. The quantitative estimate of drug-likeness (QED) is 0.551. The maximum atomic E-state index is 11.6. The van der Waals surface area contributed by atoms with Crippen LogP contribution < -0.4 is 5.32 Å². The average Bonchev–Trinajstić information content (AvgIpc) is 2.99. The fourth-order valence-corrected chi connectivity index (χ4v) is 5.13. The zero-order valence-electron chi connectivity index (χ0n) is 17.9. The summed E-state index contributed by atoms with van der Waals surface area (Å²) >= 11 is 0. The van der Waals surface area contributed by atoms with E-state index < -0.39 is 0 Å². The summed E-state index contributed by atoms with van der Waals surface area (Å²) in [5.41, 5.74) is 8.00. The summed E-state index contributed by atoms with van der Waals surface area (Å²) in [6, 6.07) is 17.4. The molecule has 0 aromatic heterocycles. The molecule has 0 unspecified atom stereocenters. The molecule has 0 atom stereocenters. The molecule has 2 aromatic carbocycles. The summed E-state index contributed by atoms with van der Waals surface area (Å²) in [6.07, 6.45) is 4.37. The van der Waals surface area contributed by atoms with Gasteiger partial charge in [-0.05, 0) is 71.6 Å². The SMILES string of the molecule is CCC(CC)C1=C(c2ccccc2)C(CC)(CC)c2cc(NC(C)=O)ccc21. The topological polar surface area (TPSA) is 29.1 Å². The first kappa shape index (κ1) is 20.4. The third kappa shape index (κ3) is 3.30. The number of hydrogen-bond donors (Lipinski definition) is 1. The average molecular weight is 376 g/mol. The number of fused-ring (bicyclic) bond motifs is 1. The summed E-state index contributed by atoms with van der Waals surface area (Å²) in [7, 11) is 0. The molecule has 0 radical (unpaired) electrons. The maximum Gasteiger partial charge on any atom is 0.221 e. The molecule has 1 amide bonds. The van der Waals surface area contributed by atoms with Crippen LogP contribution in [0.2, 0.25) is 0 Å².